The molecule has 2 unspecified atom stereocenters. The van der Waals surface area contributed by atoms with Crippen LogP contribution in [0.1, 0.15) is 41.8 Å². The second kappa shape index (κ2) is 8.79. The number of ketones is 1. The first-order valence-electron chi connectivity index (χ1n) is 10.6. The highest BCUT2D eigenvalue weighted by molar-refractivity contribution is 6.03. The van der Waals surface area contributed by atoms with Crippen LogP contribution in [-0.4, -0.2) is 23.8 Å². The maximum atomic E-state index is 13.6. The number of esters is 2. The molecule has 0 aliphatic carbocycles. The Morgan fingerprint density at radius 2 is 1.47 bits per heavy atom. The summed E-state index contributed by atoms with van der Waals surface area (Å²) in [7, 11) is 0. The molecule has 1 heterocycles. The summed E-state index contributed by atoms with van der Waals surface area (Å²) in [5.41, 5.74) is 0.121. The van der Waals surface area contributed by atoms with Crippen LogP contribution in [0.25, 0.3) is 0 Å². The Hall–Kier alpha value is -3.73. The molecule has 0 amide bonds. The number of carbonyl (C=O) groups excluding carboxylic acids is 3. The van der Waals surface area contributed by atoms with Crippen molar-refractivity contribution in [2.45, 2.75) is 31.8 Å². The van der Waals surface area contributed by atoms with Crippen molar-refractivity contribution in [2.24, 2.45) is 5.92 Å². The minimum Gasteiger partial charge on any atom is -0.463 e. The Morgan fingerprint density at radius 1 is 0.875 bits per heavy atom. The second-order valence-corrected chi connectivity index (χ2v) is 8.09. The Balaban J connectivity index is 1.91. The summed E-state index contributed by atoms with van der Waals surface area (Å²) in [6, 6.07) is 24.8. The predicted molar refractivity (Wildman–Crippen MR) is 119 cm³/mol. The van der Waals surface area contributed by atoms with E-state index in [0.717, 1.165) is 0 Å². The fraction of sp³-hybridized carbons (Fsp3) is 0.222. The minimum absolute atomic E-state index is 0.201. The zero-order chi connectivity index (χ0) is 22.7. The molecule has 162 valence electrons. The topological polar surface area (TPSA) is 69.7 Å². The molecule has 3 aromatic rings. The molecule has 0 saturated heterocycles. The number of hydrogen-bond donors (Lipinski definition) is 0. The van der Waals surface area contributed by atoms with Gasteiger partial charge in [0.2, 0.25) is 0 Å². The van der Waals surface area contributed by atoms with Crippen LogP contribution in [0.5, 0.6) is 5.75 Å². The average molecular weight is 428 g/mol. The molecule has 4 rings (SSSR count). The molecular formula is C27H24O5. The van der Waals surface area contributed by atoms with Crippen LogP contribution < -0.4 is 4.74 Å². The van der Waals surface area contributed by atoms with E-state index in [1.54, 1.807) is 86.6 Å². The van der Waals surface area contributed by atoms with E-state index in [2.05, 4.69) is 0 Å². The van der Waals surface area contributed by atoms with E-state index < -0.39 is 29.4 Å². The van der Waals surface area contributed by atoms with Gasteiger partial charge in [-0.25, -0.2) is 0 Å². The molecule has 0 bridgehead atoms. The highest BCUT2D eigenvalue weighted by Crippen LogP contribution is 2.50. The van der Waals surface area contributed by atoms with Crippen LogP contribution in [0.3, 0.4) is 0 Å². The monoisotopic (exact) mass is 428 g/mol. The molecule has 0 fully saturated rings. The summed E-state index contributed by atoms with van der Waals surface area (Å²) in [5.74, 6) is -2.16. The van der Waals surface area contributed by atoms with E-state index in [4.69, 9.17) is 9.47 Å². The minimum atomic E-state index is -1.49. The van der Waals surface area contributed by atoms with Crippen LogP contribution in [0, 0.1) is 5.92 Å². The van der Waals surface area contributed by atoms with Crippen LogP contribution in [0.2, 0.25) is 0 Å². The average Bonchev–Trinajstić information content (AvgIpc) is 3.10. The third kappa shape index (κ3) is 3.71. The first kappa shape index (κ1) is 21.5. The van der Waals surface area contributed by atoms with Gasteiger partial charge in [-0.2, -0.15) is 0 Å². The molecule has 0 aromatic heterocycles. The lowest BCUT2D eigenvalue weighted by atomic mass is 9.64. The Kier molecular flexibility index (Phi) is 5.91. The van der Waals surface area contributed by atoms with Crippen LogP contribution >= 0.6 is 0 Å². The largest absolute Gasteiger partial charge is 0.463 e. The predicted octanol–water partition coefficient (Wildman–Crippen LogP) is 4.73. The van der Waals surface area contributed by atoms with Crippen molar-refractivity contribution in [3.05, 3.63) is 102 Å². The molecule has 1 aliphatic rings. The van der Waals surface area contributed by atoms with E-state index in [1.165, 1.54) is 0 Å². The van der Waals surface area contributed by atoms with E-state index in [1.807, 2.05) is 12.1 Å². The smallest absolute Gasteiger partial charge is 0.327 e. The summed E-state index contributed by atoms with van der Waals surface area (Å²) in [6.07, 6.45) is -0.606. The van der Waals surface area contributed by atoms with E-state index >= 15 is 0 Å². The highest BCUT2D eigenvalue weighted by Gasteiger charge is 2.59. The SMILES string of the molecule is CC(C)OC(=O)C(CC(=O)c1ccccc1)C1(c2ccccc2)C(=O)Oc2ccccc21. The summed E-state index contributed by atoms with van der Waals surface area (Å²) >= 11 is 0. The fourth-order valence-corrected chi connectivity index (χ4v) is 4.33. The Morgan fingerprint density at radius 3 is 2.12 bits per heavy atom. The van der Waals surface area contributed by atoms with Gasteiger partial charge in [-0.1, -0.05) is 78.9 Å². The Bertz CT molecular complexity index is 1140. The van der Waals surface area contributed by atoms with Crippen molar-refractivity contribution < 1.29 is 23.9 Å². The van der Waals surface area contributed by atoms with Crippen molar-refractivity contribution in [1.82, 2.24) is 0 Å². The summed E-state index contributed by atoms with van der Waals surface area (Å²) in [6.45, 7) is 3.48. The zero-order valence-corrected chi connectivity index (χ0v) is 18.0. The number of rotatable bonds is 7. The third-order valence-corrected chi connectivity index (χ3v) is 5.71. The molecule has 3 aromatic carbocycles. The number of ether oxygens (including phenoxy) is 2. The molecule has 0 spiro atoms. The van der Waals surface area contributed by atoms with Crippen LogP contribution in [0.4, 0.5) is 0 Å². The van der Waals surface area contributed by atoms with Gasteiger partial charge in [0.1, 0.15) is 11.2 Å². The quantitative estimate of drug-likeness (QED) is 0.309. The molecule has 1 aliphatic heterocycles. The fourth-order valence-electron chi connectivity index (χ4n) is 4.33. The number of fused-ring (bicyclic) bond motifs is 1. The van der Waals surface area contributed by atoms with Crippen molar-refractivity contribution in [3.8, 4) is 5.75 Å². The number of benzene rings is 3. The van der Waals surface area contributed by atoms with Crippen molar-refractivity contribution >= 4 is 17.7 Å². The van der Waals surface area contributed by atoms with Gasteiger partial charge in [-0.05, 0) is 25.5 Å². The first-order valence-corrected chi connectivity index (χ1v) is 10.6. The van der Waals surface area contributed by atoms with Gasteiger partial charge in [-0.3, -0.25) is 14.4 Å². The zero-order valence-electron chi connectivity index (χ0n) is 18.0. The number of hydrogen-bond acceptors (Lipinski definition) is 5. The molecule has 5 heteroatoms. The molecule has 2 atom stereocenters. The lowest BCUT2D eigenvalue weighted by Crippen LogP contribution is -2.48. The third-order valence-electron chi connectivity index (χ3n) is 5.71. The number of carbonyl (C=O) groups is 3. The van der Waals surface area contributed by atoms with E-state index in [-0.39, 0.29) is 12.2 Å². The standard InChI is InChI=1S/C27H24O5/c1-18(2)31-25(29)22(17-23(28)19-11-5-3-6-12-19)27(20-13-7-4-8-14-20)21-15-9-10-16-24(21)32-26(27)30/h3-16,18,22H,17H2,1-2H3. The van der Waals surface area contributed by atoms with Crippen molar-refractivity contribution in [2.75, 3.05) is 0 Å². The number of Topliss-reactive ketones (excluding diaryl/α,β-unsaturated/α-hetero) is 1. The molecule has 5 nitrogen and oxygen atoms in total. The maximum absolute atomic E-state index is 13.6. The molecular weight excluding hydrogens is 404 g/mol. The molecule has 0 radical (unpaired) electrons. The highest BCUT2D eigenvalue weighted by atomic mass is 16.6. The molecule has 32 heavy (non-hydrogen) atoms. The number of para-hydroxylation sites is 1. The summed E-state index contributed by atoms with van der Waals surface area (Å²) in [5, 5.41) is 0. The lowest BCUT2D eigenvalue weighted by molar-refractivity contribution is -0.158. The van der Waals surface area contributed by atoms with Gasteiger partial charge in [0, 0.05) is 17.5 Å². The summed E-state index contributed by atoms with van der Waals surface area (Å²) in [4.78, 5) is 40.3. The van der Waals surface area contributed by atoms with Gasteiger partial charge in [0.25, 0.3) is 0 Å². The summed E-state index contributed by atoms with van der Waals surface area (Å²) < 4.78 is 11.2. The van der Waals surface area contributed by atoms with Crippen LogP contribution in [0.15, 0.2) is 84.9 Å². The van der Waals surface area contributed by atoms with E-state index in [0.29, 0.717) is 22.4 Å². The maximum Gasteiger partial charge on any atom is 0.327 e. The molecule has 0 saturated carbocycles. The first-order chi connectivity index (χ1) is 15.4. The van der Waals surface area contributed by atoms with Crippen molar-refractivity contribution in [3.63, 3.8) is 0 Å². The lowest BCUT2D eigenvalue weighted by Gasteiger charge is -2.34. The Labute approximate surface area is 187 Å². The normalized spacial score (nSPS) is 18.0. The van der Waals surface area contributed by atoms with Gasteiger partial charge < -0.3 is 9.47 Å². The molecule has 0 N–H and O–H groups in total. The van der Waals surface area contributed by atoms with Gasteiger partial charge in [-0.15, -0.1) is 0 Å². The van der Waals surface area contributed by atoms with Crippen molar-refractivity contribution in [1.29, 1.82) is 0 Å². The van der Waals surface area contributed by atoms with E-state index in [9.17, 15) is 14.4 Å². The van der Waals surface area contributed by atoms with Crippen LogP contribution in [-0.2, 0) is 19.7 Å². The second-order valence-electron chi connectivity index (χ2n) is 8.09. The van der Waals surface area contributed by atoms with Gasteiger partial charge >= 0.3 is 11.9 Å². The van der Waals surface area contributed by atoms with Gasteiger partial charge in [0.05, 0.1) is 12.0 Å². The van der Waals surface area contributed by atoms with Gasteiger partial charge in [0.15, 0.2) is 5.78 Å².